The molecule has 0 aliphatic heterocycles. The second kappa shape index (κ2) is 4.01. The first-order valence-electron chi connectivity index (χ1n) is 5.16. The third kappa shape index (κ3) is 2.26. The van der Waals surface area contributed by atoms with Crippen LogP contribution in [0.1, 0.15) is 25.3 Å². The number of aliphatic hydroxyl groups is 1. The summed E-state index contributed by atoms with van der Waals surface area (Å²) in [7, 11) is 0. The van der Waals surface area contributed by atoms with Crippen LogP contribution >= 0.6 is 0 Å². The van der Waals surface area contributed by atoms with Gasteiger partial charge in [-0.05, 0) is 43.4 Å². The summed E-state index contributed by atoms with van der Waals surface area (Å²) in [5.74, 6) is 1.61. The maximum atomic E-state index is 8.96. The van der Waals surface area contributed by atoms with Crippen molar-refractivity contribution < 1.29 is 9.84 Å². The summed E-state index contributed by atoms with van der Waals surface area (Å²) < 4.78 is 5.77. The summed E-state index contributed by atoms with van der Waals surface area (Å²) in [5, 5.41) is 8.96. The van der Waals surface area contributed by atoms with Gasteiger partial charge in [-0.1, -0.05) is 12.1 Å². The van der Waals surface area contributed by atoms with E-state index in [4.69, 9.17) is 9.84 Å². The maximum Gasteiger partial charge on any atom is 0.120 e. The lowest BCUT2D eigenvalue weighted by Gasteiger charge is -2.14. The van der Waals surface area contributed by atoms with E-state index in [2.05, 4.69) is 6.92 Å². The highest BCUT2D eigenvalue weighted by Gasteiger charge is 2.29. The average Bonchev–Trinajstić information content (AvgIpc) is 3.01. The molecule has 1 atom stereocenters. The number of ether oxygens (including phenoxy) is 1. The Balaban J connectivity index is 2.00. The van der Waals surface area contributed by atoms with Gasteiger partial charge in [-0.3, -0.25) is 0 Å². The van der Waals surface area contributed by atoms with E-state index in [0.29, 0.717) is 6.10 Å². The highest BCUT2D eigenvalue weighted by Crippen LogP contribution is 2.34. The van der Waals surface area contributed by atoms with E-state index in [0.717, 1.165) is 17.2 Å². The zero-order valence-corrected chi connectivity index (χ0v) is 8.44. The number of benzene rings is 1. The van der Waals surface area contributed by atoms with Crippen LogP contribution in [0.2, 0.25) is 0 Å². The summed E-state index contributed by atoms with van der Waals surface area (Å²) in [4.78, 5) is 0. The quantitative estimate of drug-likeness (QED) is 0.793. The number of hydrogen-bond donors (Lipinski definition) is 1. The molecule has 2 heteroatoms. The second-order valence-corrected chi connectivity index (χ2v) is 3.97. The molecule has 14 heavy (non-hydrogen) atoms. The van der Waals surface area contributed by atoms with E-state index in [-0.39, 0.29) is 6.61 Å². The van der Waals surface area contributed by atoms with E-state index in [1.165, 1.54) is 12.8 Å². The Kier molecular flexibility index (Phi) is 2.73. The average molecular weight is 192 g/mol. The number of hydrogen-bond acceptors (Lipinski definition) is 2. The molecular formula is C12H16O2. The van der Waals surface area contributed by atoms with Gasteiger partial charge in [-0.15, -0.1) is 0 Å². The van der Waals surface area contributed by atoms with Crippen LogP contribution in [0.4, 0.5) is 0 Å². The summed E-state index contributed by atoms with van der Waals surface area (Å²) >= 11 is 0. The van der Waals surface area contributed by atoms with Crippen molar-refractivity contribution >= 4 is 0 Å². The Morgan fingerprint density at radius 2 is 2.29 bits per heavy atom. The lowest BCUT2D eigenvalue weighted by Crippen LogP contribution is -2.13. The van der Waals surface area contributed by atoms with E-state index in [1.807, 2.05) is 24.3 Å². The van der Waals surface area contributed by atoms with E-state index in [9.17, 15) is 0 Å². The van der Waals surface area contributed by atoms with Gasteiger partial charge >= 0.3 is 0 Å². The minimum Gasteiger partial charge on any atom is -0.490 e. The van der Waals surface area contributed by atoms with Crippen LogP contribution in [0, 0.1) is 5.92 Å². The van der Waals surface area contributed by atoms with Crippen molar-refractivity contribution in [3.8, 4) is 5.75 Å². The molecule has 2 rings (SSSR count). The Morgan fingerprint density at radius 1 is 1.50 bits per heavy atom. The fraction of sp³-hybridized carbons (Fsp3) is 0.500. The van der Waals surface area contributed by atoms with Gasteiger partial charge in [0.15, 0.2) is 0 Å². The molecular weight excluding hydrogens is 176 g/mol. The van der Waals surface area contributed by atoms with Gasteiger partial charge in [0.2, 0.25) is 0 Å². The summed E-state index contributed by atoms with van der Waals surface area (Å²) in [6, 6.07) is 7.66. The molecule has 1 aliphatic rings. The van der Waals surface area contributed by atoms with E-state index < -0.39 is 0 Å². The smallest absolute Gasteiger partial charge is 0.120 e. The minimum atomic E-state index is 0.0784. The first kappa shape index (κ1) is 9.53. The van der Waals surface area contributed by atoms with Crippen molar-refractivity contribution in [2.45, 2.75) is 32.5 Å². The normalized spacial score (nSPS) is 17.9. The van der Waals surface area contributed by atoms with Crippen LogP contribution in [0.3, 0.4) is 0 Å². The molecule has 0 bridgehead atoms. The van der Waals surface area contributed by atoms with Gasteiger partial charge in [-0.25, -0.2) is 0 Å². The molecule has 0 heterocycles. The third-order valence-electron chi connectivity index (χ3n) is 2.69. The molecule has 1 aromatic carbocycles. The van der Waals surface area contributed by atoms with Gasteiger partial charge < -0.3 is 9.84 Å². The molecule has 1 aliphatic carbocycles. The van der Waals surface area contributed by atoms with E-state index >= 15 is 0 Å². The topological polar surface area (TPSA) is 29.5 Å². The molecule has 0 aromatic heterocycles. The molecule has 1 unspecified atom stereocenters. The summed E-state index contributed by atoms with van der Waals surface area (Å²) in [6.07, 6.45) is 2.89. The van der Waals surface area contributed by atoms with Crippen molar-refractivity contribution in [1.82, 2.24) is 0 Å². The zero-order chi connectivity index (χ0) is 9.97. The van der Waals surface area contributed by atoms with Gasteiger partial charge in [0.1, 0.15) is 5.75 Å². The van der Waals surface area contributed by atoms with Crippen molar-refractivity contribution in [1.29, 1.82) is 0 Å². The lowest BCUT2D eigenvalue weighted by molar-refractivity contribution is 0.197. The third-order valence-corrected chi connectivity index (χ3v) is 2.69. The fourth-order valence-corrected chi connectivity index (χ4v) is 1.59. The monoisotopic (exact) mass is 192 g/mol. The summed E-state index contributed by atoms with van der Waals surface area (Å²) in [5.41, 5.74) is 0.908. The first-order valence-corrected chi connectivity index (χ1v) is 5.16. The number of aliphatic hydroxyl groups excluding tert-OH is 1. The first-order chi connectivity index (χ1) is 6.79. The predicted octanol–water partition coefficient (Wildman–Crippen LogP) is 2.36. The second-order valence-electron chi connectivity index (χ2n) is 3.97. The molecule has 76 valence electrons. The minimum absolute atomic E-state index is 0.0784. The van der Waals surface area contributed by atoms with Gasteiger partial charge in [0, 0.05) is 0 Å². The van der Waals surface area contributed by atoms with Crippen molar-refractivity contribution in [3.63, 3.8) is 0 Å². The molecule has 0 radical (unpaired) electrons. The van der Waals surface area contributed by atoms with Crippen LogP contribution < -0.4 is 4.74 Å². The molecule has 2 nitrogen and oxygen atoms in total. The molecule has 1 aromatic rings. The Morgan fingerprint density at radius 3 is 2.93 bits per heavy atom. The largest absolute Gasteiger partial charge is 0.490 e. The molecule has 1 saturated carbocycles. The highest BCUT2D eigenvalue weighted by atomic mass is 16.5. The van der Waals surface area contributed by atoms with Gasteiger partial charge in [0.25, 0.3) is 0 Å². The van der Waals surface area contributed by atoms with Crippen LogP contribution in [0.15, 0.2) is 24.3 Å². The van der Waals surface area contributed by atoms with Crippen LogP contribution in [-0.2, 0) is 6.61 Å². The van der Waals surface area contributed by atoms with Crippen LogP contribution in [0.25, 0.3) is 0 Å². The predicted molar refractivity (Wildman–Crippen MR) is 55.2 cm³/mol. The van der Waals surface area contributed by atoms with Crippen LogP contribution in [0.5, 0.6) is 5.75 Å². The van der Waals surface area contributed by atoms with Gasteiger partial charge in [0.05, 0.1) is 12.7 Å². The Hall–Kier alpha value is -1.02. The molecule has 0 spiro atoms. The molecule has 0 amide bonds. The number of rotatable bonds is 4. The van der Waals surface area contributed by atoms with Crippen LogP contribution in [-0.4, -0.2) is 11.2 Å². The standard InChI is InChI=1S/C12H16O2/c1-9(11-5-6-11)14-12-4-2-3-10(7-12)8-13/h2-4,7,9,11,13H,5-6,8H2,1H3. The SMILES string of the molecule is CC(Oc1cccc(CO)c1)C1CC1. The highest BCUT2D eigenvalue weighted by molar-refractivity contribution is 5.28. The lowest BCUT2D eigenvalue weighted by atomic mass is 10.2. The Bertz CT molecular complexity index is 305. The van der Waals surface area contributed by atoms with Crippen molar-refractivity contribution in [2.75, 3.05) is 0 Å². The zero-order valence-electron chi connectivity index (χ0n) is 8.44. The Labute approximate surface area is 84.5 Å². The fourth-order valence-electron chi connectivity index (χ4n) is 1.59. The molecule has 1 N–H and O–H groups in total. The molecule has 1 fully saturated rings. The molecule has 0 saturated heterocycles. The van der Waals surface area contributed by atoms with E-state index in [1.54, 1.807) is 0 Å². The van der Waals surface area contributed by atoms with Crippen molar-refractivity contribution in [3.05, 3.63) is 29.8 Å². The van der Waals surface area contributed by atoms with Crippen molar-refractivity contribution in [2.24, 2.45) is 5.92 Å². The maximum absolute atomic E-state index is 8.96. The van der Waals surface area contributed by atoms with Gasteiger partial charge in [-0.2, -0.15) is 0 Å². The summed E-state index contributed by atoms with van der Waals surface area (Å²) in [6.45, 7) is 2.19.